The van der Waals surface area contributed by atoms with Gasteiger partial charge >= 0.3 is 0 Å². The lowest BCUT2D eigenvalue weighted by Crippen LogP contribution is -2.48. The van der Waals surface area contributed by atoms with Gasteiger partial charge in [0.2, 0.25) is 5.91 Å². The molecule has 0 bridgehead atoms. The fourth-order valence-electron chi connectivity index (χ4n) is 3.38. The molecule has 2 aromatic carbocycles. The van der Waals surface area contributed by atoms with Crippen molar-refractivity contribution in [3.05, 3.63) is 64.7 Å². The van der Waals surface area contributed by atoms with Gasteiger partial charge in [0.25, 0.3) is 0 Å². The summed E-state index contributed by atoms with van der Waals surface area (Å²) >= 11 is 6.28. The quantitative estimate of drug-likeness (QED) is 0.758. The highest BCUT2D eigenvalue weighted by Gasteiger charge is 2.22. The highest BCUT2D eigenvalue weighted by Crippen LogP contribution is 2.26. The Morgan fingerprint density at radius 1 is 1.00 bits per heavy atom. The molecule has 26 heavy (non-hydrogen) atoms. The Hall–Kier alpha value is -2.00. The van der Waals surface area contributed by atoms with E-state index in [-0.39, 0.29) is 5.91 Å². The summed E-state index contributed by atoms with van der Waals surface area (Å²) in [6.07, 6.45) is 1.38. The monoisotopic (exact) mass is 370 g/mol. The van der Waals surface area contributed by atoms with Crippen molar-refractivity contribution in [2.75, 3.05) is 31.1 Å². The summed E-state index contributed by atoms with van der Waals surface area (Å²) in [6, 6.07) is 16.6. The second-order valence-corrected chi connectivity index (χ2v) is 7.62. The number of carbonyl (C=O) groups excluding carboxylic acids is 1. The minimum Gasteiger partial charge on any atom is -0.367 e. The summed E-state index contributed by atoms with van der Waals surface area (Å²) < 4.78 is 0. The molecule has 138 valence electrons. The van der Waals surface area contributed by atoms with Gasteiger partial charge in [-0.05, 0) is 35.6 Å². The molecule has 0 saturated carbocycles. The van der Waals surface area contributed by atoms with E-state index < -0.39 is 0 Å². The van der Waals surface area contributed by atoms with Crippen molar-refractivity contribution in [3.8, 4) is 0 Å². The highest BCUT2D eigenvalue weighted by molar-refractivity contribution is 6.33. The topological polar surface area (TPSA) is 23.6 Å². The Balaban J connectivity index is 1.48. The van der Waals surface area contributed by atoms with E-state index >= 15 is 0 Å². The average molecular weight is 371 g/mol. The molecule has 1 heterocycles. The van der Waals surface area contributed by atoms with Crippen molar-refractivity contribution in [2.45, 2.75) is 32.6 Å². The van der Waals surface area contributed by atoms with Crippen molar-refractivity contribution in [2.24, 2.45) is 0 Å². The number of carbonyl (C=O) groups is 1. The number of rotatable bonds is 5. The van der Waals surface area contributed by atoms with Crippen molar-refractivity contribution in [3.63, 3.8) is 0 Å². The van der Waals surface area contributed by atoms with Crippen LogP contribution in [0, 0.1) is 0 Å². The number of amides is 1. The summed E-state index contributed by atoms with van der Waals surface area (Å²) in [7, 11) is 0. The van der Waals surface area contributed by atoms with Crippen molar-refractivity contribution >= 4 is 23.2 Å². The number of hydrogen-bond acceptors (Lipinski definition) is 2. The van der Waals surface area contributed by atoms with Crippen molar-refractivity contribution in [1.82, 2.24) is 4.90 Å². The summed E-state index contributed by atoms with van der Waals surface area (Å²) in [5, 5.41) is 0.775. The second kappa shape index (κ2) is 8.59. The molecule has 0 aliphatic carbocycles. The maximum Gasteiger partial charge on any atom is 0.223 e. The molecule has 0 atom stereocenters. The molecule has 0 spiro atoms. The van der Waals surface area contributed by atoms with E-state index in [0.717, 1.165) is 43.3 Å². The third-order valence-corrected chi connectivity index (χ3v) is 5.42. The lowest BCUT2D eigenvalue weighted by molar-refractivity contribution is -0.131. The molecule has 0 radical (unpaired) electrons. The molecule has 3 nitrogen and oxygen atoms in total. The van der Waals surface area contributed by atoms with Gasteiger partial charge in [0.05, 0.1) is 10.7 Å². The molecular weight excluding hydrogens is 344 g/mol. The molecule has 1 aliphatic rings. The first kappa shape index (κ1) is 18.8. The van der Waals surface area contributed by atoms with Crippen LogP contribution in [0.4, 0.5) is 5.69 Å². The zero-order valence-electron chi connectivity index (χ0n) is 15.6. The van der Waals surface area contributed by atoms with Crippen molar-refractivity contribution in [1.29, 1.82) is 0 Å². The van der Waals surface area contributed by atoms with E-state index in [1.165, 1.54) is 11.1 Å². The van der Waals surface area contributed by atoms with E-state index in [0.29, 0.717) is 12.3 Å². The molecule has 2 aromatic rings. The Labute approximate surface area is 161 Å². The summed E-state index contributed by atoms with van der Waals surface area (Å²) in [6.45, 7) is 7.57. The summed E-state index contributed by atoms with van der Waals surface area (Å²) in [5.74, 6) is 0.789. The molecule has 0 unspecified atom stereocenters. The third-order valence-electron chi connectivity index (χ3n) is 5.10. The van der Waals surface area contributed by atoms with Crippen LogP contribution in [0.3, 0.4) is 0 Å². The normalized spacial score (nSPS) is 14.8. The molecule has 1 saturated heterocycles. The summed E-state index contributed by atoms with van der Waals surface area (Å²) in [4.78, 5) is 16.8. The van der Waals surface area contributed by atoms with E-state index in [1.807, 2.05) is 29.2 Å². The number of halogens is 1. The van der Waals surface area contributed by atoms with Crippen molar-refractivity contribution < 1.29 is 4.79 Å². The van der Waals surface area contributed by atoms with Crippen LogP contribution >= 0.6 is 11.6 Å². The van der Waals surface area contributed by atoms with E-state index in [2.05, 4.69) is 43.0 Å². The smallest absolute Gasteiger partial charge is 0.223 e. The Morgan fingerprint density at radius 3 is 2.27 bits per heavy atom. The van der Waals surface area contributed by atoms with E-state index in [4.69, 9.17) is 11.6 Å². The number of para-hydroxylation sites is 1. The molecule has 0 aromatic heterocycles. The minimum absolute atomic E-state index is 0.247. The standard InChI is InChI=1S/C22H27ClN2O/c1-17(2)19-10-7-18(8-11-19)9-12-22(26)25-15-13-24(14-16-25)21-6-4-3-5-20(21)23/h3-8,10-11,17H,9,12-16H2,1-2H3. The Morgan fingerprint density at radius 2 is 1.65 bits per heavy atom. The van der Waals surface area contributed by atoms with Gasteiger partial charge in [0.15, 0.2) is 0 Å². The van der Waals surface area contributed by atoms with E-state index in [9.17, 15) is 4.79 Å². The maximum absolute atomic E-state index is 12.5. The van der Waals surface area contributed by atoms with Gasteiger partial charge in [-0.3, -0.25) is 4.79 Å². The predicted molar refractivity (Wildman–Crippen MR) is 109 cm³/mol. The molecule has 4 heteroatoms. The van der Waals surface area contributed by atoms with E-state index in [1.54, 1.807) is 0 Å². The van der Waals surface area contributed by atoms with Gasteiger partial charge in [0.1, 0.15) is 0 Å². The highest BCUT2D eigenvalue weighted by atomic mass is 35.5. The predicted octanol–water partition coefficient (Wildman–Crippen LogP) is 4.74. The van der Waals surface area contributed by atoms with Gasteiger partial charge in [-0.1, -0.05) is 61.8 Å². The number of hydrogen-bond donors (Lipinski definition) is 0. The number of piperazine rings is 1. The van der Waals surface area contributed by atoms with Crippen LogP contribution in [0.5, 0.6) is 0 Å². The molecule has 1 aliphatic heterocycles. The maximum atomic E-state index is 12.5. The Kier molecular flexibility index (Phi) is 6.20. The van der Waals surface area contributed by atoms with Crippen LogP contribution in [0.2, 0.25) is 5.02 Å². The van der Waals surface area contributed by atoms with Crippen LogP contribution in [-0.4, -0.2) is 37.0 Å². The van der Waals surface area contributed by atoms with Crippen LogP contribution in [0.15, 0.2) is 48.5 Å². The first-order valence-electron chi connectivity index (χ1n) is 9.40. The van der Waals surface area contributed by atoms with Crippen LogP contribution < -0.4 is 4.90 Å². The van der Waals surface area contributed by atoms with Gasteiger partial charge in [-0.15, -0.1) is 0 Å². The number of anilines is 1. The van der Waals surface area contributed by atoms with Crippen LogP contribution in [0.1, 0.15) is 37.3 Å². The minimum atomic E-state index is 0.247. The first-order valence-corrected chi connectivity index (χ1v) is 9.78. The van der Waals surface area contributed by atoms with Gasteiger partial charge in [-0.2, -0.15) is 0 Å². The second-order valence-electron chi connectivity index (χ2n) is 7.22. The van der Waals surface area contributed by atoms with Gasteiger partial charge < -0.3 is 9.80 Å². The first-order chi connectivity index (χ1) is 12.5. The van der Waals surface area contributed by atoms with Gasteiger partial charge in [0, 0.05) is 32.6 Å². The molecule has 0 N–H and O–H groups in total. The Bertz CT molecular complexity index is 734. The lowest BCUT2D eigenvalue weighted by Gasteiger charge is -2.36. The lowest BCUT2D eigenvalue weighted by atomic mass is 10.00. The molecule has 1 fully saturated rings. The summed E-state index contributed by atoms with van der Waals surface area (Å²) in [5.41, 5.74) is 3.64. The third kappa shape index (κ3) is 4.59. The number of aryl methyl sites for hydroxylation is 1. The fraction of sp³-hybridized carbons (Fsp3) is 0.409. The van der Waals surface area contributed by atoms with Crippen LogP contribution in [-0.2, 0) is 11.2 Å². The molecule has 3 rings (SSSR count). The fourth-order valence-corrected chi connectivity index (χ4v) is 3.64. The van der Waals surface area contributed by atoms with Gasteiger partial charge in [-0.25, -0.2) is 0 Å². The zero-order valence-corrected chi connectivity index (χ0v) is 16.4. The average Bonchev–Trinajstić information content (AvgIpc) is 2.67. The molecular formula is C22H27ClN2O. The van der Waals surface area contributed by atoms with Crippen LogP contribution in [0.25, 0.3) is 0 Å². The zero-order chi connectivity index (χ0) is 18.5. The number of nitrogens with zero attached hydrogens (tertiary/aromatic N) is 2. The number of benzene rings is 2. The molecule has 1 amide bonds. The SMILES string of the molecule is CC(C)c1ccc(CCC(=O)N2CCN(c3ccccc3Cl)CC2)cc1. The largest absolute Gasteiger partial charge is 0.367 e.